The number of anilines is 1. The van der Waals surface area contributed by atoms with Crippen molar-refractivity contribution < 1.29 is 33.4 Å². The predicted molar refractivity (Wildman–Crippen MR) is 66.8 cm³/mol. The van der Waals surface area contributed by atoms with E-state index >= 15 is 0 Å². The Hall–Kier alpha value is -2.71. The summed E-state index contributed by atoms with van der Waals surface area (Å²) in [5, 5.41) is 21.4. The van der Waals surface area contributed by atoms with Crippen molar-refractivity contribution in [3.63, 3.8) is 0 Å². The molecule has 7 nitrogen and oxygen atoms in total. The SMILES string of the molecule is O=C(O)CCC(NC(=O)Nc1ccc(F)c(F)c1)C(=O)O. The van der Waals surface area contributed by atoms with Gasteiger partial charge in [-0.3, -0.25) is 4.79 Å². The van der Waals surface area contributed by atoms with Crippen molar-refractivity contribution in [3.05, 3.63) is 29.8 Å². The minimum absolute atomic E-state index is 0.0752. The molecule has 0 bridgehead atoms. The van der Waals surface area contributed by atoms with Gasteiger partial charge in [-0.2, -0.15) is 0 Å². The number of urea groups is 1. The second-order valence-corrected chi connectivity index (χ2v) is 4.05. The van der Waals surface area contributed by atoms with E-state index in [0.29, 0.717) is 0 Å². The molecule has 0 saturated carbocycles. The molecule has 4 N–H and O–H groups in total. The number of carbonyl (C=O) groups excluding carboxylic acids is 1. The van der Waals surface area contributed by atoms with E-state index in [9.17, 15) is 23.2 Å². The van der Waals surface area contributed by atoms with Crippen molar-refractivity contribution in [2.24, 2.45) is 0 Å². The summed E-state index contributed by atoms with van der Waals surface area (Å²) in [5.41, 5.74) is -0.0752. The van der Waals surface area contributed by atoms with E-state index in [1.807, 2.05) is 5.32 Å². The molecule has 1 atom stereocenters. The van der Waals surface area contributed by atoms with Crippen LogP contribution in [0.4, 0.5) is 19.3 Å². The van der Waals surface area contributed by atoms with E-state index in [1.165, 1.54) is 0 Å². The molecule has 1 rings (SSSR count). The molecule has 0 spiro atoms. The zero-order chi connectivity index (χ0) is 16.0. The first-order valence-corrected chi connectivity index (χ1v) is 5.76. The second-order valence-electron chi connectivity index (χ2n) is 4.05. The zero-order valence-electron chi connectivity index (χ0n) is 10.6. The topological polar surface area (TPSA) is 116 Å². The number of hydrogen-bond acceptors (Lipinski definition) is 3. The molecule has 0 aromatic heterocycles. The molecule has 114 valence electrons. The Labute approximate surface area is 117 Å². The number of carboxylic acids is 2. The van der Waals surface area contributed by atoms with E-state index in [-0.39, 0.29) is 12.1 Å². The van der Waals surface area contributed by atoms with Gasteiger partial charge in [-0.15, -0.1) is 0 Å². The van der Waals surface area contributed by atoms with Crippen LogP contribution in [0.25, 0.3) is 0 Å². The highest BCUT2D eigenvalue weighted by Crippen LogP contribution is 2.13. The van der Waals surface area contributed by atoms with Gasteiger partial charge in [0.15, 0.2) is 11.6 Å². The van der Waals surface area contributed by atoms with Crippen LogP contribution in [-0.4, -0.2) is 34.2 Å². The molecule has 2 amide bonds. The molecule has 0 saturated heterocycles. The highest BCUT2D eigenvalue weighted by atomic mass is 19.2. The van der Waals surface area contributed by atoms with Crippen LogP contribution in [0.5, 0.6) is 0 Å². The summed E-state index contributed by atoms with van der Waals surface area (Å²) >= 11 is 0. The molecule has 0 heterocycles. The summed E-state index contributed by atoms with van der Waals surface area (Å²) in [6.45, 7) is 0. The van der Waals surface area contributed by atoms with Crippen molar-refractivity contribution in [1.29, 1.82) is 0 Å². The number of benzene rings is 1. The first-order chi connectivity index (χ1) is 9.79. The summed E-state index contributed by atoms with van der Waals surface area (Å²) in [5.74, 6) is -4.87. The lowest BCUT2D eigenvalue weighted by atomic mass is 10.1. The molecule has 1 unspecified atom stereocenters. The molecule has 1 aromatic carbocycles. The highest BCUT2D eigenvalue weighted by Gasteiger charge is 2.21. The minimum atomic E-state index is -1.41. The Kier molecular flexibility index (Phi) is 5.58. The monoisotopic (exact) mass is 302 g/mol. The van der Waals surface area contributed by atoms with E-state index in [1.54, 1.807) is 0 Å². The minimum Gasteiger partial charge on any atom is -0.481 e. The number of hydrogen-bond donors (Lipinski definition) is 4. The van der Waals surface area contributed by atoms with Crippen molar-refractivity contribution >= 4 is 23.7 Å². The fourth-order valence-electron chi connectivity index (χ4n) is 1.42. The van der Waals surface area contributed by atoms with E-state index < -0.39 is 42.1 Å². The number of halogens is 2. The molecule has 0 fully saturated rings. The van der Waals surface area contributed by atoms with Crippen molar-refractivity contribution in [2.75, 3.05) is 5.32 Å². The molecular formula is C12H12F2N2O5. The molecule has 9 heteroatoms. The summed E-state index contributed by atoms with van der Waals surface area (Å²) in [6, 6.07) is 0.224. The van der Waals surface area contributed by atoms with Crippen molar-refractivity contribution in [2.45, 2.75) is 18.9 Å². The number of amides is 2. The van der Waals surface area contributed by atoms with Gasteiger partial charge in [0.25, 0.3) is 0 Å². The Balaban J connectivity index is 2.62. The molecule has 1 aromatic rings. The number of nitrogens with one attached hydrogen (secondary N) is 2. The lowest BCUT2D eigenvalue weighted by Gasteiger charge is -2.14. The van der Waals surface area contributed by atoms with E-state index in [4.69, 9.17) is 10.2 Å². The van der Waals surface area contributed by atoms with Gasteiger partial charge in [0, 0.05) is 18.2 Å². The maximum atomic E-state index is 12.9. The largest absolute Gasteiger partial charge is 0.481 e. The first-order valence-electron chi connectivity index (χ1n) is 5.76. The number of carboxylic acid groups (broad SMARTS) is 2. The molecule has 0 aliphatic heterocycles. The number of aliphatic carboxylic acids is 2. The zero-order valence-corrected chi connectivity index (χ0v) is 10.6. The number of rotatable bonds is 6. The van der Waals surface area contributed by atoms with Crippen LogP contribution in [0.3, 0.4) is 0 Å². The first kappa shape index (κ1) is 16.3. The van der Waals surface area contributed by atoms with Crippen molar-refractivity contribution in [1.82, 2.24) is 5.32 Å². The van der Waals surface area contributed by atoms with Gasteiger partial charge in [0.05, 0.1) is 0 Å². The summed E-state index contributed by atoms with van der Waals surface area (Å²) in [7, 11) is 0. The Morgan fingerprint density at radius 3 is 2.33 bits per heavy atom. The van der Waals surface area contributed by atoms with Gasteiger partial charge < -0.3 is 20.8 Å². The van der Waals surface area contributed by atoms with Crippen LogP contribution in [0.1, 0.15) is 12.8 Å². The third-order valence-corrected chi connectivity index (χ3v) is 2.43. The van der Waals surface area contributed by atoms with E-state index in [0.717, 1.165) is 18.2 Å². The average molecular weight is 302 g/mol. The summed E-state index contributed by atoms with van der Waals surface area (Å²) in [4.78, 5) is 32.7. The lowest BCUT2D eigenvalue weighted by molar-refractivity contribution is -0.140. The van der Waals surface area contributed by atoms with Crippen molar-refractivity contribution in [3.8, 4) is 0 Å². The maximum Gasteiger partial charge on any atom is 0.326 e. The van der Waals surface area contributed by atoms with Gasteiger partial charge in [-0.25, -0.2) is 18.4 Å². The Bertz CT molecular complexity index is 565. The highest BCUT2D eigenvalue weighted by molar-refractivity contribution is 5.92. The van der Waals surface area contributed by atoms with Crippen LogP contribution in [-0.2, 0) is 9.59 Å². The third kappa shape index (κ3) is 5.43. The van der Waals surface area contributed by atoms with Crippen LogP contribution in [0.2, 0.25) is 0 Å². The molecular weight excluding hydrogens is 290 g/mol. The molecule has 0 aliphatic rings. The quantitative estimate of drug-likeness (QED) is 0.634. The third-order valence-electron chi connectivity index (χ3n) is 2.43. The van der Waals surface area contributed by atoms with Crippen LogP contribution >= 0.6 is 0 Å². The van der Waals surface area contributed by atoms with Gasteiger partial charge in [0.1, 0.15) is 6.04 Å². The maximum absolute atomic E-state index is 12.9. The van der Waals surface area contributed by atoms with E-state index in [2.05, 4.69) is 5.32 Å². The summed E-state index contributed by atoms with van der Waals surface area (Å²) < 4.78 is 25.6. The predicted octanol–water partition coefficient (Wildman–Crippen LogP) is 1.40. The van der Waals surface area contributed by atoms with Gasteiger partial charge >= 0.3 is 18.0 Å². The molecule has 21 heavy (non-hydrogen) atoms. The normalized spacial score (nSPS) is 11.5. The number of carbonyl (C=O) groups is 3. The summed E-state index contributed by atoms with van der Waals surface area (Å²) in [6.07, 6.45) is -0.752. The van der Waals surface area contributed by atoms with Gasteiger partial charge in [0.2, 0.25) is 0 Å². The fourth-order valence-corrected chi connectivity index (χ4v) is 1.42. The fraction of sp³-hybridized carbons (Fsp3) is 0.250. The van der Waals surface area contributed by atoms with Gasteiger partial charge in [-0.1, -0.05) is 0 Å². The van der Waals surface area contributed by atoms with Crippen LogP contribution < -0.4 is 10.6 Å². The van der Waals surface area contributed by atoms with Gasteiger partial charge in [-0.05, 0) is 18.6 Å². The Morgan fingerprint density at radius 2 is 1.81 bits per heavy atom. The standard InChI is InChI=1S/C12H12F2N2O5/c13-7-2-1-6(5-8(7)14)15-12(21)16-9(11(19)20)3-4-10(17)18/h1-2,5,9H,3-4H2,(H,17,18)(H,19,20)(H2,15,16,21). The second kappa shape index (κ2) is 7.17. The van der Waals surface area contributed by atoms with Crippen LogP contribution in [0.15, 0.2) is 18.2 Å². The lowest BCUT2D eigenvalue weighted by Crippen LogP contribution is -2.43. The Morgan fingerprint density at radius 1 is 1.14 bits per heavy atom. The molecule has 0 radical (unpaired) electrons. The smallest absolute Gasteiger partial charge is 0.326 e. The van der Waals surface area contributed by atoms with Crippen LogP contribution in [0, 0.1) is 11.6 Å². The average Bonchev–Trinajstić information content (AvgIpc) is 2.38. The molecule has 0 aliphatic carbocycles.